The summed E-state index contributed by atoms with van der Waals surface area (Å²) in [7, 11) is 0. The van der Waals surface area contributed by atoms with E-state index in [9.17, 15) is 9.59 Å². The number of hydrogen-bond acceptors (Lipinski definition) is 3. The number of nitrogens with one attached hydrogen (secondary N) is 2. The smallest absolute Gasteiger partial charge is 0.270 e. The highest BCUT2D eigenvalue weighted by Gasteiger charge is 2.16. The van der Waals surface area contributed by atoms with Crippen molar-refractivity contribution in [1.82, 2.24) is 15.6 Å². The minimum Gasteiger partial charge on any atom is -0.348 e. The second-order valence-electron chi connectivity index (χ2n) is 8.21. The van der Waals surface area contributed by atoms with Crippen LogP contribution in [0.5, 0.6) is 0 Å². The number of carbonyl (C=O) groups is 2. The molecule has 0 saturated heterocycles. The third-order valence-corrected chi connectivity index (χ3v) is 5.39. The Hall–Kier alpha value is -3.47. The van der Waals surface area contributed by atoms with Crippen LogP contribution < -0.4 is 10.6 Å². The Kier molecular flexibility index (Phi) is 8.55. The first-order valence-corrected chi connectivity index (χ1v) is 11.2. The normalized spacial score (nSPS) is 12.6. The molecule has 0 bridgehead atoms. The third-order valence-electron chi connectivity index (χ3n) is 5.39. The number of carbonyl (C=O) groups excluding carboxylic acids is 2. The summed E-state index contributed by atoms with van der Waals surface area (Å²) >= 11 is 0. The number of pyridine rings is 1. The van der Waals surface area contributed by atoms with E-state index in [4.69, 9.17) is 0 Å². The number of hydrogen-bond donors (Lipinski definition) is 2. The van der Waals surface area contributed by atoms with E-state index in [0.717, 1.165) is 25.7 Å². The lowest BCUT2D eigenvalue weighted by Crippen LogP contribution is -2.35. The van der Waals surface area contributed by atoms with Crippen molar-refractivity contribution in [3.63, 3.8) is 0 Å². The van der Waals surface area contributed by atoms with Gasteiger partial charge in [0.1, 0.15) is 11.4 Å². The first kappa shape index (κ1) is 23.2. The fourth-order valence-corrected chi connectivity index (χ4v) is 3.48. The van der Waals surface area contributed by atoms with E-state index >= 15 is 0 Å². The number of amides is 2. The largest absolute Gasteiger partial charge is 0.348 e. The zero-order valence-corrected chi connectivity index (χ0v) is 18.8. The summed E-state index contributed by atoms with van der Waals surface area (Å²) in [5.41, 5.74) is 2.99. The van der Waals surface area contributed by atoms with Gasteiger partial charge in [0, 0.05) is 12.1 Å². The molecule has 2 atom stereocenters. The molecule has 0 fully saturated rings. The fourth-order valence-electron chi connectivity index (χ4n) is 3.48. The number of aromatic nitrogens is 1. The van der Waals surface area contributed by atoms with Gasteiger partial charge in [-0.05, 0) is 62.8 Å². The van der Waals surface area contributed by atoms with E-state index in [-0.39, 0.29) is 35.3 Å². The summed E-state index contributed by atoms with van der Waals surface area (Å²) in [5.74, 6) is -0.533. The van der Waals surface area contributed by atoms with Crippen molar-refractivity contribution in [1.29, 1.82) is 0 Å². The van der Waals surface area contributed by atoms with E-state index < -0.39 is 0 Å². The molecule has 0 aliphatic carbocycles. The molecule has 2 amide bonds. The average Bonchev–Trinajstić information content (AvgIpc) is 2.83. The lowest BCUT2D eigenvalue weighted by Gasteiger charge is -2.15. The zero-order chi connectivity index (χ0) is 22.8. The highest BCUT2D eigenvalue weighted by atomic mass is 16.2. The molecule has 5 nitrogen and oxygen atoms in total. The molecule has 166 valence electrons. The number of rotatable bonds is 10. The molecule has 3 aromatic rings. The third kappa shape index (κ3) is 7.34. The summed E-state index contributed by atoms with van der Waals surface area (Å²) < 4.78 is 0. The SMILES string of the molecule is CC(CCc1ccccc1)NC(=O)c1cccc(C(=O)NC(C)CCc2ccccc2)n1. The predicted molar refractivity (Wildman–Crippen MR) is 128 cm³/mol. The monoisotopic (exact) mass is 429 g/mol. The van der Waals surface area contributed by atoms with Gasteiger partial charge >= 0.3 is 0 Å². The van der Waals surface area contributed by atoms with Crippen molar-refractivity contribution >= 4 is 11.8 Å². The van der Waals surface area contributed by atoms with Crippen LogP contribution in [-0.2, 0) is 12.8 Å². The van der Waals surface area contributed by atoms with Crippen LogP contribution in [0.4, 0.5) is 0 Å². The van der Waals surface area contributed by atoms with Crippen molar-refractivity contribution in [2.45, 2.75) is 51.6 Å². The van der Waals surface area contributed by atoms with Gasteiger partial charge < -0.3 is 10.6 Å². The lowest BCUT2D eigenvalue weighted by atomic mass is 10.1. The molecule has 32 heavy (non-hydrogen) atoms. The number of benzene rings is 2. The lowest BCUT2D eigenvalue weighted by molar-refractivity contribution is 0.0929. The average molecular weight is 430 g/mol. The summed E-state index contributed by atoms with van der Waals surface area (Å²) in [6, 6.07) is 25.3. The maximum atomic E-state index is 12.6. The van der Waals surface area contributed by atoms with Gasteiger partial charge in [-0.1, -0.05) is 66.7 Å². The van der Waals surface area contributed by atoms with Gasteiger partial charge in [-0.15, -0.1) is 0 Å². The Morgan fingerprint density at radius 2 is 1.06 bits per heavy atom. The first-order valence-electron chi connectivity index (χ1n) is 11.2. The molecule has 0 aliphatic rings. The standard InChI is InChI=1S/C27H31N3O2/c1-20(16-18-22-10-5-3-6-11-22)28-26(31)24-14-9-15-25(30-24)27(32)29-21(2)17-19-23-12-7-4-8-13-23/h3-15,20-21H,16-19H2,1-2H3,(H,28,31)(H,29,32). The quantitative estimate of drug-likeness (QED) is 0.495. The van der Waals surface area contributed by atoms with Crippen molar-refractivity contribution < 1.29 is 9.59 Å². The molecule has 0 saturated carbocycles. The molecule has 0 radical (unpaired) electrons. The maximum absolute atomic E-state index is 12.6. The van der Waals surface area contributed by atoms with Gasteiger partial charge in [0.05, 0.1) is 0 Å². The molecule has 3 rings (SSSR count). The van der Waals surface area contributed by atoms with E-state index in [1.807, 2.05) is 50.2 Å². The van der Waals surface area contributed by atoms with Crippen LogP contribution in [-0.4, -0.2) is 28.9 Å². The summed E-state index contributed by atoms with van der Waals surface area (Å²) in [6.07, 6.45) is 3.43. The molecule has 2 unspecified atom stereocenters. The van der Waals surface area contributed by atoms with Gasteiger partial charge in [0.2, 0.25) is 0 Å². The van der Waals surface area contributed by atoms with Crippen molar-refractivity contribution in [3.8, 4) is 0 Å². The van der Waals surface area contributed by atoms with Gasteiger partial charge in [-0.3, -0.25) is 9.59 Å². The summed E-state index contributed by atoms with van der Waals surface area (Å²) in [5, 5.41) is 5.96. The Labute approximate surface area is 190 Å². The minimum absolute atomic E-state index is 0.00000226. The highest BCUT2D eigenvalue weighted by molar-refractivity contribution is 5.96. The Morgan fingerprint density at radius 1 is 0.656 bits per heavy atom. The van der Waals surface area contributed by atoms with E-state index in [2.05, 4.69) is 39.9 Å². The van der Waals surface area contributed by atoms with Gasteiger partial charge in [-0.2, -0.15) is 0 Å². The van der Waals surface area contributed by atoms with E-state index in [1.54, 1.807) is 18.2 Å². The summed E-state index contributed by atoms with van der Waals surface area (Å²) in [6.45, 7) is 3.96. The van der Waals surface area contributed by atoms with Gasteiger partial charge in [-0.25, -0.2) is 4.98 Å². The van der Waals surface area contributed by atoms with Gasteiger partial charge in [0.15, 0.2) is 0 Å². The van der Waals surface area contributed by atoms with Gasteiger partial charge in [0.25, 0.3) is 11.8 Å². The number of nitrogens with zero attached hydrogens (tertiary/aromatic N) is 1. The van der Waals surface area contributed by atoms with Crippen LogP contribution in [0.3, 0.4) is 0 Å². The van der Waals surface area contributed by atoms with Crippen molar-refractivity contribution in [2.24, 2.45) is 0 Å². The van der Waals surface area contributed by atoms with Crippen LogP contribution in [0.1, 0.15) is 58.8 Å². The second-order valence-corrected chi connectivity index (χ2v) is 8.21. The van der Waals surface area contributed by atoms with E-state index in [1.165, 1.54) is 11.1 Å². The molecule has 0 aliphatic heterocycles. The molecule has 5 heteroatoms. The van der Waals surface area contributed by atoms with Crippen LogP contribution in [0.25, 0.3) is 0 Å². The zero-order valence-electron chi connectivity index (χ0n) is 18.8. The number of aryl methyl sites for hydroxylation is 2. The van der Waals surface area contributed by atoms with E-state index in [0.29, 0.717) is 0 Å². The topological polar surface area (TPSA) is 71.1 Å². The van der Waals surface area contributed by atoms with Crippen LogP contribution in [0.15, 0.2) is 78.9 Å². The van der Waals surface area contributed by atoms with Crippen molar-refractivity contribution in [3.05, 3.63) is 101 Å². The first-order chi connectivity index (χ1) is 15.5. The van der Waals surface area contributed by atoms with Crippen molar-refractivity contribution in [2.75, 3.05) is 0 Å². The van der Waals surface area contributed by atoms with Crippen LogP contribution >= 0.6 is 0 Å². The fraction of sp³-hybridized carbons (Fsp3) is 0.296. The molecular formula is C27H31N3O2. The molecule has 1 heterocycles. The highest BCUT2D eigenvalue weighted by Crippen LogP contribution is 2.08. The Bertz CT molecular complexity index is 927. The molecular weight excluding hydrogens is 398 g/mol. The minimum atomic E-state index is -0.266. The molecule has 0 spiro atoms. The maximum Gasteiger partial charge on any atom is 0.270 e. The van der Waals surface area contributed by atoms with Crippen LogP contribution in [0, 0.1) is 0 Å². The molecule has 2 aromatic carbocycles. The predicted octanol–water partition coefficient (Wildman–Crippen LogP) is 4.58. The van der Waals surface area contributed by atoms with Crippen LogP contribution in [0.2, 0.25) is 0 Å². The Morgan fingerprint density at radius 3 is 1.47 bits per heavy atom. The Balaban J connectivity index is 1.49. The molecule has 1 aromatic heterocycles. The molecule has 2 N–H and O–H groups in total. The summed E-state index contributed by atoms with van der Waals surface area (Å²) in [4.78, 5) is 29.5. The second kappa shape index (κ2) is 11.8.